The summed E-state index contributed by atoms with van der Waals surface area (Å²) >= 11 is 0. The molecule has 22 heavy (non-hydrogen) atoms. The number of halogens is 1. The second kappa shape index (κ2) is 5.94. The average molecular weight is 301 g/mol. The normalized spacial score (nSPS) is 17.2. The van der Waals surface area contributed by atoms with Crippen LogP contribution in [0.2, 0.25) is 0 Å². The van der Waals surface area contributed by atoms with E-state index in [1.165, 1.54) is 6.07 Å². The summed E-state index contributed by atoms with van der Waals surface area (Å²) in [5, 5.41) is 6.74. The number of nitrogens with zero attached hydrogens (tertiary/aromatic N) is 3. The van der Waals surface area contributed by atoms with Crippen LogP contribution < -0.4 is 22.4 Å². The van der Waals surface area contributed by atoms with Gasteiger partial charge < -0.3 is 16.6 Å². The van der Waals surface area contributed by atoms with Crippen molar-refractivity contribution in [2.24, 2.45) is 16.8 Å². The van der Waals surface area contributed by atoms with Crippen LogP contribution in [0.25, 0.3) is 0 Å². The Bertz CT molecular complexity index is 699. The largest absolute Gasteiger partial charge is 0.347 e. The second-order valence-corrected chi connectivity index (χ2v) is 5.00. The number of benzene rings is 1. The van der Waals surface area contributed by atoms with Gasteiger partial charge in [0.2, 0.25) is 5.95 Å². The molecule has 0 spiro atoms. The molecule has 0 aliphatic heterocycles. The van der Waals surface area contributed by atoms with E-state index < -0.39 is 0 Å². The first kappa shape index (κ1) is 14.2. The van der Waals surface area contributed by atoms with Gasteiger partial charge >= 0.3 is 0 Å². The minimum absolute atomic E-state index is 0.0803. The third-order valence-electron chi connectivity index (χ3n) is 3.68. The fraction of sp³-hybridized carbons (Fsp3) is 0.214. The molecular weight excluding hydrogens is 285 g/mol. The lowest BCUT2D eigenvalue weighted by molar-refractivity contribution is 0.626. The average Bonchev–Trinajstić information content (AvgIpc) is 2.92. The van der Waals surface area contributed by atoms with Crippen LogP contribution in [0.4, 0.5) is 10.3 Å². The predicted molar refractivity (Wildman–Crippen MR) is 81.2 cm³/mol. The van der Waals surface area contributed by atoms with Crippen molar-refractivity contribution < 1.29 is 4.39 Å². The van der Waals surface area contributed by atoms with E-state index in [1.54, 1.807) is 24.5 Å². The molecule has 6 N–H and O–H groups in total. The molecule has 1 aliphatic carbocycles. The zero-order valence-corrected chi connectivity index (χ0v) is 11.8. The van der Waals surface area contributed by atoms with Gasteiger partial charge in [0, 0.05) is 12.4 Å². The number of hydrazone groups is 1. The molecule has 2 aromatic rings. The molecule has 0 radical (unpaired) electrons. The number of hydrazine groups is 1. The monoisotopic (exact) mass is 301 g/mol. The highest BCUT2D eigenvalue weighted by Crippen LogP contribution is 2.33. The maximum atomic E-state index is 13.2. The molecule has 0 bridgehead atoms. The second-order valence-electron chi connectivity index (χ2n) is 5.00. The maximum absolute atomic E-state index is 13.2. The highest BCUT2D eigenvalue weighted by atomic mass is 19.1. The fourth-order valence-corrected chi connectivity index (χ4v) is 2.61. The first-order valence-electron chi connectivity index (χ1n) is 6.83. The first-order valence-corrected chi connectivity index (χ1v) is 6.83. The van der Waals surface area contributed by atoms with Gasteiger partial charge in [0.25, 0.3) is 0 Å². The SMILES string of the molecule is N/N=C(\NN)c1cnc(NC2CCc3cc(F)ccc32)nc1. The molecule has 7 nitrogen and oxygen atoms in total. The molecular formula is C14H16FN7. The van der Waals surface area contributed by atoms with Crippen molar-refractivity contribution >= 4 is 11.8 Å². The molecule has 1 aromatic carbocycles. The van der Waals surface area contributed by atoms with Gasteiger partial charge in [-0.2, -0.15) is 5.10 Å². The predicted octanol–water partition coefficient (Wildman–Crippen LogP) is 0.799. The van der Waals surface area contributed by atoms with Gasteiger partial charge in [-0.15, -0.1) is 0 Å². The van der Waals surface area contributed by atoms with Crippen molar-refractivity contribution in [2.75, 3.05) is 5.32 Å². The standard InChI is InChI=1S/C14H16FN7/c15-10-2-3-11-8(5-10)1-4-12(11)20-14-18-6-9(7-19-14)13(21-16)22-17/h2-3,5-7,12H,1,4,16-17H2,(H,21,22)(H,18,19,20). The third-order valence-corrected chi connectivity index (χ3v) is 3.68. The van der Waals surface area contributed by atoms with E-state index in [-0.39, 0.29) is 11.9 Å². The summed E-state index contributed by atoms with van der Waals surface area (Å²) in [5.74, 6) is 11.1. The summed E-state index contributed by atoms with van der Waals surface area (Å²) < 4.78 is 13.2. The van der Waals surface area contributed by atoms with E-state index in [0.29, 0.717) is 17.3 Å². The number of rotatable bonds is 3. The number of anilines is 1. The summed E-state index contributed by atoms with van der Waals surface area (Å²) in [6, 6.07) is 4.94. The molecule has 0 saturated carbocycles. The van der Waals surface area contributed by atoms with Crippen LogP contribution in [-0.4, -0.2) is 15.8 Å². The Labute approximate surface area is 126 Å². The topological polar surface area (TPSA) is 114 Å². The zero-order valence-electron chi connectivity index (χ0n) is 11.8. The third kappa shape index (κ3) is 2.68. The molecule has 0 saturated heterocycles. The Hall–Kier alpha value is -2.74. The lowest BCUT2D eigenvalue weighted by Gasteiger charge is -2.14. The lowest BCUT2D eigenvalue weighted by Crippen LogP contribution is -2.32. The van der Waals surface area contributed by atoms with E-state index in [2.05, 4.69) is 25.8 Å². The molecule has 114 valence electrons. The minimum Gasteiger partial charge on any atom is -0.347 e. The summed E-state index contributed by atoms with van der Waals surface area (Å²) in [4.78, 5) is 8.44. The van der Waals surface area contributed by atoms with Crippen LogP contribution in [-0.2, 0) is 6.42 Å². The number of fused-ring (bicyclic) bond motifs is 1. The Morgan fingerprint density at radius 2 is 2.09 bits per heavy atom. The lowest BCUT2D eigenvalue weighted by atomic mass is 10.1. The quantitative estimate of drug-likeness (QED) is 0.288. The number of hydrogen-bond donors (Lipinski definition) is 4. The van der Waals surface area contributed by atoms with Crippen molar-refractivity contribution in [1.29, 1.82) is 0 Å². The van der Waals surface area contributed by atoms with Crippen LogP contribution in [0.5, 0.6) is 0 Å². The Morgan fingerprint density at radius 3 is 2.77 bits per heavy atom. The van der Waals surface area contributed by atoms with Crippen molar-refractivity contribution in [1.82, 2.24) is 15.4 Å². The number of nitrogens with two attached hydrogens (primary N) is 2. The van der Waals surface area contributed by atoms with Gasteiger partial charge in [-0.05, 0) is 36.1 Å². The summed E-state index contributed by atoms with van der Waals surface area (Å²) in [5.41, 5.74) is 5.07. The summed E-state index contributed by atoms with van der Waals surface area (Å²) in [6.07, 6.45) is 4.86. The molecule has 1 aromatic heterocycles. The minimum atomic E-state index is -0.206. The Balaban J connectivity index is 1.75. The van der Waals surface area contributed by atoms with E-state index in [0.717, 1.165) is 24.0 Å². The van der Waals surface area contributed by atoms with Crippen LogP contribution in [0.3, 0.4) is 0 Å². The summed E-state index contributed by atoms with van der Waals surface area (Å²) in [7, 11) is 0. The number of nitrogens with one attached hydrogen (secondary N) is 2. The highest BCUT2D eigenvalue weighted by molar-refractivity contribution is 5.97. The number of hydrogen-bond acceptors (Lipinski definition) is 6. The van der Waals surface area contributed by atoms with Gasteiger partial charge in [-0.25, -0.2) is 20.2 Å². The van der Waals surface area contributed by atoms with Crippen LogP contribution in [0.1, 0.15) is 29.2 Å². The fourth-order valence-electron chi connectivity index (χ4n) is 2.61. The molecule has 1 unspecified atom stereocenters. The van der Waals surface area contributed by atoms with E-state index >= 15 is 0 Å². The zero-order chi connectivity index (χ0) is 15.5. The van der Waals surface area contributed by atoms with Gasteiger partial charge in [-0.3, -0.25) is 0 Å². The number of amidine groups is 1. The molecule has 1 aliphatic rings. The molecule has 1 atom stereocenters. The molecule has 0 fully saturated rings. The van der Waals surface area contributed by atoms with Gasteiger partial charge in [-0.1, -0.05) is 6.07 Å². The molecule has 0 amide bonds. The van der Waals surface area contributed by atoms with Crippen LogP contribution in [0.15, 0.2) is 35.7 Å². The Morgan fingerprint density at radius 1 is 1.32 bits per heavy atom. The van der Waals surface area contributed by atoms with Crippen LogP contribution in [0, 0.1) is 5.82 Å². The van der Waals surface area contributed by atoms with Crippen molar-refractivity contribution in [3.05, 3.63) is 53.1 Å². The maximum Gasteiger partial charge on any atom is 0.223 e. The van der Waals surface area contributed by atoms with Crippen LogP contribution >= 0.6 is 0 Å². The molecule has 3 rings (SSSR count). The highest BCUT2D eigenvalue weighted by Gasteiger charge is 2.23. The van der Waals surface area contributed by atoms with Gasteiger partial charge in [0.1, 0.15) is 5.82 Å². The number of aromatic nitrogens is 2. The van der Waals surface area contributed by atoms with Crippen molar-refractivity contribution in [3.63, 3.8) is 0 Å². The van der Waals surface area contributed by atoms with E-state index in [4.69, 9.17) is 11.7 Å². The van der Waals surface area contributed by atoms with Gasteiger partial charge in [0.15, 0.2) is 5.84 Å². The first-order chi connectivity index (χ1) is 10.7. The summed E-state index contributed by atoms with van der Waals surface area (Å²) in [6.45, 7) is 0. The smallest absolute Gasteiger partial charge is 0.223 e. The van der Waals surface area contributed by atoms with Crippen molar-refractivity contribution in [3.8, 4) is 0 Å². The van der Waals surface area contributed by atoms with E-state index in [1.807, 2.05) is 0 Å². The molecule has 8 heteroatoms. The number of aryl methyl sites for hydroxylation is 1. The Kier molecular flexibility index (Phi) is 3.84. The van der Waals surface area contributed by atoms with E-state index in [9.17, 15) is 4.39 Å². The van der Waals surface area contributed by atoms with Crippen molar-refractivity contribution in [2.45, 2.75) is 18.9 Å². The molecule has 1 heterocycles. The van der Waals surface area contributed by atoms with Gasteiger partial charge in [0.05, 0.1) is 11.6 Å².